The van der Waals surface area contributed by atoms with Crippen molar-refractivity contribution in [3.05, 3.63) is 59.9 Å². The number of aryl methyl sites for hydroxylation is 1. The van der Waals surface area contributed by atoms with Gasteiger partial charge in [-0.2, -0.15) is 5.10 Å². The highest BCUT2D eigenvalue weighted by molar-refractivity contribution is 6.04. The highest BCUT2D eigenvalue weighted by atomic mass is 16.2. The molecule has 0 radical (unpaired) electrons. The van der Waals surface area contributed by atoms with E-state index in [0.717, 1.165) is 29.1 Å². The van der Waals surface area contributed by atoms with Crippen LogP contribution in [0.25, 0.3) is 11.4 Å². The van der Waals surface area contributed by atoms with Crippen molar-refractivity contribution >= 4 is 23.2 Å². The van der Waals surface area contributed by atoms with E-state index in [1.54, 1.807) is 4.90 Å². The van der Waals surface area contributed by atoms with Gasteiger partial charge in [-0.05, 0) is 43.0 Å². The summed E-state index contributed by atoms with van der Waals surface area (Å²) in [7, 11) is 0. The maximum absolute atomic E-state index is 12.9. The Balaban J connectivity index is 1.49. The second-order valence-corrected chi connectivity index (χ2v) is 8.09. The maximum Gasteiger partial charge on any atom is 0.229 e. The molecule has 0 aliphatic carbocycles. The second-order valence-electron chi connectivity index (χ2n) is 8.09. The molecule has 1 saturated heterocycles. The van der Waals surface area contributed by atoms with E-state index in [9.17, 15) is 9.59 Å². The predicted octanol–water partition coefficient (Wildman–Crippen LogP) is 4.29. The number of hydrogen-bond acceptors (Lipinski definition) is 4. The molecule has 31 heavy (non-hydrogen) atoms. The van der Waals surface area contributed by atoms with Crippen molar-refractivity contribution in [3.8, 4) is 11.4 Å². The van der Waals surface area contributed by atoms with E-state index in [2.05, 4.69) is 40.4 Å². The number of aromatic amines is 1. The zero-order chi connectivity index (χ0) is 22.0. The van der Waals surface area contributed by atoms with E-state index in [1.165, 1.54) is 0 Å². The molecule has 7 heteroatoms. The van der Waals surface area contributed by atoms with Crippen LogP contribution in [0, 0.1) is 12.8 Å². The minimum absolute atomic E-state index is 0.0131. The molecule has 2 amide bonds. The van der Waals surface area contributed by atoms with Crippen molar-refractivity contribution in [2.45, 2.75) is 39.5 Å². The van der Waals surface area contributed by atoms with Gasteiger partial charge >= 0.3 is 0 Å². The molecule has 0 spiro atoms. The van der Waals surface area contributed by atoms with Gasteiger partial charge < -0.3 is 10.2 Å². The summed E-state index contributed by atoms with van der Waals surface area (Å²) in [5.74, 6) is 1.09. The molecule has 160 valence electrons. The van der Waals surface area contributed by atoms with Crippen LogP contribution in [0.5, 0.6) is 0 Å². The number of nitrogens with zero attached hydrogens (tertiary/aromatic N) is 3. The highest BCUT2D eigenvalue weighted by Crippen LogP contribution is 2.33. The zero-order valence-corrected chi connectivity index (χ0v) is 18.1. The lowest BCUT2D eigenvalue weighted by atomic mass is 9.96. The number of rotatable bonds is 6. The Kier molecular flexibility index (Phi) is 5.84. The van der Waals surface area contributed by atoms with E-state index < -0.39 is 5.92 Å². The summed E-state index contributed by atoms with van der Waals surface area (Å²) in [6.45, 7) is 6.52. The molecule has 1 fully saturated rings. The first-order valence-corrected chi connectivity index (χ1v) is 10.7. The Hall–Kier alpha value is -3.48. The molecule has 1 aliphatic rings. The van der Waals surface area contributed by atoms with Crippen LogP contribution >= 0.6 is 0 Å². The molecule has 2 atom stereocenters. The van der Waals surface area contributed by atoms with Crippen molar-refractivity contribution in [1.29, 1.82) is 0 Å². The number of para-hydroxylation sites is 1. The van der Waals surface area contributed by atoms with Gasteiger partial charge in [-0.25, -0.2) is 4.98 Å². The smallest absolute Gasteiger partial charge is 0.229 e. The Morgan fingerprint density at radius 2 is 2.06 bits per heavy atom. The van der Waals surface area contributed by atoms with Crippen molar-refractivity contribution in [2.24, 2.45) is 5.92 Å². The number of aromatic nitrogens is 3. The number of carbonyl (C=O) groups is 2. The third kappa shape index (κ3) is 4.35. The topological polar surface area (TPSA) is 91.0 Å². The van der Waals surface area contributed by atoms with Gasteiger partial charge in [0.05, 0.1) is 5.92 Å². The molecular weight excluding hydrogens is 390 g/mol. The molecular formula is C24H27N5O2. The Morgan fingerprint density at radius 3 is 2.81 bits per heavy atom. The average Bonchev–Trinajstić information content (AvgIpc) is 3.39. The average molecular weight is 418 g/mol. The lowest BCUT2D eigenvalue weighted by Crippen LogP contribution is -2.29. The number of nitrogens with one attached hydrogen (secondary N) is 2. The van der Waals surface area contributed by atoms with Crippen LogP contribution in [0.15, 0.2) is 48.5 Å². The summed E-state index contributed by atoms with van der Waals surface area (Å²) < 4.78 is 0. The third-order valence-corrected chi connectivity index (χ3v) is 5.85. The largest absolute Gasteiger partial charge is 0.326 e. The normalized spacial score (nSPS) is 17.1. The molecule has 1 aliphatic heterocycles. The fourth-order valence-corrected chi connectivity index (χ4v) is 3.94. The SMILES string of the molecule is CCC(C)c1ccccc1N1CC(C(=O)Nc2cccc(-c3n[nH]c(C)n3)c2)CC1=O. The third-order valence-electron chi connectivity index (χ3n) is 5.85. The van der Waals surface area contributed by atoms with Crippen LogP contribution in [0.1, 0.15) is 44.0 Å². The molecule has 2 N–H and O–H groups in total. The van der Waals surface area contributed by atoms with Gasteiger partial charge in [0.1, 0.15) is 5.82 Å². The summed E-state index contributed by atoms with van der Waals surface area (Å²) in [6, 6.07) is 15.4. The number of anilines is 2. The second kappa shape index (κ2) is 8.71. The van der Waals surface area contributed by atoms with Gasteiger partial charge in [0.15, 0.2) is 5.82 Å². The first-order valence-electron chi connectivity index (χ1n) is 10.7. The van der Waals surface area contributed by atoms with Gasteiger partial charge in [-0.15, -0.1) is 0 Å². The minimum Gasteiger partial charge on any atom is -0.326 e. The van der Waals surface area contributed by atoms with Crippen LogP contribution in [-0.4, -0.2) is 33.5 Å². The fraction of sp³-hybridized carbons (Fsp3) is 0.333. The molecule has 0 saturated carbocycles. The Morgan fingerprint density at radius 1 is 1.26 bits per heavy atom. The van der Waals surface area contributed by atoms with Gasteiger partial charge in [0.25, 0.3) is 0 Å². The van der Waals surface area contributed by atoms with Crippen LogP contribution in [0.4, 0.5) is 11.4 Å². The van der Waals surface area contributed by atoms with E-state index in [4.69, 9.17) is 0 Å². The molecule has 0 bridgehead atoms. The van der Waals surface area contributed by atoms with Crippen LogP contribution in [-0.2, 0) is 9.59 Å². The van der Waals surface area contributed by atoms with Crippen molar-refractivity contribution in [3.63, 3.8) is 0 Å². The number of amides is 2. The van der Waals surface area contributed by atoms with Gasteiger partial charge in [0, 0.05) is 29.9 Å². The molecule has 7 nitrogen and oxygen atoms in total. The highest BCUT2D eigenvalue weighted by Gasteiger charge is 2.36. The fourth-order valence-electron chi connectivity index (χ4n) is 3.94. The molecule has 2 unspecified atom stereocenters. The number of benzene rings is 2. The summed E-state index contributed by atoms with van der Waals surface area (Å²) in [4.78, 5) is 31.8. The quantitative estimate of drug-likeness (QED) is 0.626. The molecule has 3 aromatic rings. The molecule has 4 rings (SSSR count). The van der Waals surface area contributed by atoms with Gasteiger partial charge in [0.2, 0.25) is 11.8 Å². The first-order chi connectivity index (χ1) is 15.0. The lowest BCUT2D eigenvalue weighted by Gasteiger charge is -2.23. The van der Waals surface area contributed by atoms with Gasteiger partial charge in [-0.1, -0.05) is 44.2 Å². The van der Waals surface area contributed by atoms with E-state index >= 15 is 0 Å². The Bertz CT molecular complexity index is 1110. The lowest BCUT2D eigenvalue weighted by molar-refractivity contribution is -0.122. The van der Waals surface area contributed by atoms with E-state index in [1.807, 2.05) is 49.4 Å². The van der Waals surface area contributed by atoms with Crippen molar-refractivity contribution in [2.75, 3.05) is 16.8 Å². The number of carbonyl (C=O) groups excluding carboxylic acids is 2. The molecule has 1 aromatic heterocycles. The standard InChI is InChI=1S/C24H27N5O2/c1-4-15(2)20-10-5-6-11-21(20)29-14-18(13-22(29)30)24(31)26-19-9-7-8-17(12-19)23-25-16(3)27-28-23/h5-12,15,18H,4,13-14H2,1-3H3,(H,26,31)(H,25,27,28). The number of H-pyrrole nitrogens is 1. The summed E-state index contributed by atoms with van der Waals surface area (Å²) >= 11 is 0. The minimum atomic E-state index is -0.396. The van der Waals surface area contributed by atoms with E-state index in [-0.39, 0.29) is 18.2 Å². The first kappa shape index (κ1) is 20.8. The van der Waals surface area contributed by atoms with Crippen LogP contribution < -0.4 is 10.2 Å². The summed E-state index contributed by atoms with van der Waals surface area (Å²) in [5, 5.41) is 9.95. The van der Waals surface area contributed by atoms with Crippen LogP contribution in [0.3, 0.4) is 0 Å². The summed E-state index contributed by atoms with van der Waals surface area (Å²) in [5.41, 5.74) is 3.54. The van der Waals surface area contributed by atoms with Gasteiger partial charge in [-0.3, -0.25) is 14.7 Å². The van der Waals surface area contributed by atoms with Crippen molar-refractivity contribution < 1.29 is 9.59 Å². The number of hydrogen-bond donors (Lipinski definition) is 2. The maximum atomic E-state index is 12.9. The monoisotopic (exact) mass is 417 g/mol. The Labute approximate surface area is 181 Å². The van der Waals surface area contributed by atoms with Crippen molar-refractivity contribution in [1.82, 2.24) is 15.2 Å². The van der Waals surface area contributed by atoms with E-state index in [0.29, 0.717) is 24.0 Å². The summed E-state index contributed by atoms with van der Waals surface area (Å²) in [6.07, 6.45) is 1.20. The molecule has 2 heterocycles. The zero-order valence-electron chi connectivity index (χ0n) is 18.1. The predicted molar refractivity (Wildman–Crippen MR) is 121 cm³/mol. The molecule has 2 aromatic carbocycles. The van der Waals surface area contributed by atoms with Crippen LogP contribution in [0.2, 0.25) is 0 Å².